The van der Waals surface area contributed by atoms with Crippen LogP contribution in [0, 0.1) is 0 Å². The summed E-state index contributed by atoms with van der Waals surface area (Å²) in [6.45, 7) is 2.95. The van der Waals surface area contributed by atoms with Gasteiger partial charge in [-0.3, -0.25) is 4.79 Å². The van der Waals surface area contributed by atoms with Crippen molar-refractivity contribution in [3.05, 3.63) is 28.2 Å². The molecule has 0 aliphatic carbocycles. The number of aliphatic hydroxyl groups is 1. The van der Waals surface area contributed by atoms with Gasteiger partial charge in [-0.1, -0.05) is 15.9 Å². The first-order chi connectivity index (χ1) is 8.10. The molecule has 4 nitrogen and oxygen atoms in total. The summed E-state index contributed by atoms with van der Waals surface area (Å²) in [5, 5.41) is 18.4. The van der Waals surface area contributed by atoms with Gasteiger partial charge in [-0.2, -0.15) is 0 Å². The molecule has 0 bridgehead atoms. The van der Waals surface area contributed by atoms with Crippen molar-refractivity contribution in [2.24, 2.45) is 0 Å². The molecule has 0 heterocycles. The summed E-state index contributed by atoms with van der Waals surface area (Å²) in [6.07, 6.45) is 0.536. The average molecular weight is 302 g/mol. The Labute approximate surface area is 109 Å². The molecule has 5 heteroatoms. The first kappa shape index (κ1) is 14.0. The maximum absolute atomic E-state index is 12.1. The zero-order valence-electron chi connectivity index (χ0n) is 9.69. The van der Waals surface area contributed by atoms with Crippen molar-refractivity contribution in [2.75, 3.05) is 19.7 Å². The summed E-state index contributed by atoms with van der Waals surface area (Å²) in [4.78, 5) is 13.7. The van der Waals surface area contributed by atoms with Crippen molar-refractivity contribution in [2.45, 2.75) is 13.3 Å². The highest BCUT2D eigenvalue weighted by Crippen LogP contribution is 2.23. The fourth-order valence-electron chi connectivity index (χ4n) is 1.51. The average Bonchev–Trinajstić information content (AvgIpc) is 2.33. The number of amides is 1. The van der Waals surface area contributed by atoms with Crippen LogP contribution in [0.3, 0.4) is 0 Å². The third-order valence-electron chi connectivity index (χ3n) is 2.44. The van der Waals surface area contributed by atoms with E-state index in [-0.39, 0.29) is 23.8 Å². The number of hydrogen-bond acceptors (Lipinski definition) is 3. The van der Waals surface area contributed by atoms with Gasteiger partial charge < -0.3 is 15.1 Å². The molecule has 94 valence electrons. The van der Waals surface area contributed by atoms with Crippen LogP contribution in [0.2, 0.25) is 0 Å². The first-order valence-corrected chi connectivity index (χ1v) is 6.28. The molecule has 0 radical (unpaired) electrons. The van der Waals surface area contributed by atoms with Crippen LogP contribution in [0.5, 0.6) is 5.75 Å². The number of phenolic OH excluding ortho intramolecular Hbond substituents is 1. The minimum absolute atomic E-state index is 0.0272. The molecule has 0 unspecified atom stereocenters. The summed E-state index contributed by atoms with van der Waals surface area (Å²) >= 11 is 3.27. The zero-order chi connectivity index (χ0) is 12.8. The maximum Gasteiger partial charge on any atom is 0.257 e. The number of halogens is 1. The van der Waals surface area contributed by atoms with E-state index in [2.05, 4.69) is 15.9 Å². The highest BCUT2D eigenvalue weighted by molar-refractivity contribution is 9.10. The van der Waals surface area contributed by atoms with E-state index < -0.39 is 0 Å². The Hall–Kier alpha value is -1.07. The van der Waals surface area contributed by atoms with Gasteiger partial charge in [-0.05, 0) is 31.5 Å². The van der Waals surface area contributed by atoms with Crippen molar-refractivity contribution >= 4 is 21.8 Å². The molecule has 2 N–H and O–H groups in total. The van der Waals surface area contributed by atoms with Gasteiger partial charge in [0, 0.05) is 24.2 Å². The molecule has 0 spiro atoms. The van der Waals surface area contributed by atoms with E-state index >= 15 is 0 Å². The van der Waals surface area contributed by atoms with E-state index in [1.807, 2.05) is 6.92 Å². The number of aromatic hydroxyl groups is 1. The van der Waals surface area contributed by atoms with Gasteiger partial charge >= 0.3 is 0 Å². The normalized spacial score (nSPS) is 10.3. The summed E-state index contributed by atoms with van der Waals surface area (Å²) in [5.41, 5.74) is 0.277. The smallest absolute Gasteiger partial charge is 0.257 e. The first-order valence-electron chi connectivity index (χ1n) is 5.48. The lowest BCUT2D eigenvalue weighted by molar-refractivity contribution is 0.0751. The molecule has 0 aliphatic rings. The minimum atomic E-state index is -0.222. The monoisotopic (exact) mass is 301 g/mol. The van der Waals surface area contributed by atoms with E-state index in [1.54, 1.807) is 17.0 Å². The SMILES string of the molecule is CCN(CCCO)C(=O)c1cc(Br)ccc1O. The standard InChI is InChI=1S/C12H16BrNO3/c1-2-14(6-3-7-15)12(17)10-8-9(13)4-5-11(10)16/h4-5,8,15-16H,2-3,6-7H2,1H3. The molecule has 0 fully saturated rings. The maximum atomic E-state index is 12.1. The van der Waals surface area contributed by atoms with Crippen molar-refractivity contribution < 1.29 is 15.0 Å². The molecule has 1 aromatic rings. The Kier molecular flexibility index (Phi) is 5.44. The van der Waals surface area contributed by atoms with Crippen LogP contribution in [0.15, 0.2) is 22.7 Å². The molecule has 0 aromatic heterocycles. The molecule has 0 aliphatic heterocycles. The molecule has 1 rings (SSSR count). The predicted octanol–water partition coefficient (Wildman–Crippen LogP) is 2.00. The third kappa shape index (κ3) is 3.71. The lowest BCUT2D eigenvalue weighted by atomic mass is 10.1. The van der Waals surface area contributed by atoms with Crippen LogP contribution in [-0.2, 0) is 0 Å². The van der Waals surface area contributed by atoms with Gasteiger partial charge in [0.2, 0.25) is 0 Å². The number of carbonyl (C=O) groups is 1. The summed E-state index contributed by atoms with van der Waals surface area (Å²) in [5.74, 6) is -0.250. The van der Waals surface area contributed by atoms with Gasteiger partial charge in [0.1, 0.15) is 5.75 Å². The topological polar surface area (TPSA) is 60.8 Å². The Bertz CT molecular complexity index is 395. The second-order valence-corrected chi connectivity index (χ2v) is 4.54. The molecule has 0 atom stereocenters. The van der Waals surface area contributed by atoms with E-state index in [1.165, 1.54) is 6.07 Å². The molecular weight excluding hydrogens is 286 g/mol. The Morgan fingerprint density at radius 2 is 2.18 bits per heavy atom. The van der Waals surface area contributed by atoms with Crippen molar-refractivity contribution in [3.63, 3.8) is 0 Å². The zero-order valence-corrected chi connectivity index (χ0v) is 11.3. The number of rotatable bonds is 5. The number of nitrogens with zero attached hydrogens (tertiary/aromatic N) is 1. The highest BCUT2D eigenvalue weighted by atomic mass is 79.9. The Morgan fingerprint density at radius 3 is 2.76 bits per heavy atom. The number of carbonyl (C=O) groups excluding carboxylic acids is 1. The Morgan fingerprint density at radius 1 is 1.47 bits per heavy atom. The fourth-order valence-corrected chi connectivity index (χ4v) is 1.88. The molecule has 1 aromatic carbocycles. The molecule has 0 saturated carbocycles. The highest BCUT2D eigenvalue weighted by Gasteiger charge is 2.17. The fraction of sp³-hybridized carbons (Fsp3) is 0.417. The van der Waals surface area contributed by atoms with Crippen LogP contribution in [0.25, 0.3) is 0 Å². The van der Waals surface area contributed by atoms with Crippen LogP contribution in [-0.4, -0.2) is 40.7 Å². The number of hydrogen-bond donors (Lipinski definition) is 2. The summed E-state index contributed by atoms with van der Waals surface area (Å²) in [6, 6.07) is 4.76. The summed E-state index contributed by atoms with van der Waals surface area (Å²) in [7, 11) is 0. The molecular formula is C12H16BrNO3. The van der Waals surface area contributed by atoms with Gasteiger partial charge in [-0.25, -0.2) is 0 Å². The van der Waals surface area contributed by atoms with Crippen LogP contribution in [0.1, 0.15) is 23.7 Å². The van der Waals surface area contributed by atoms with E-state index in [9.17, 15) is 9.90 Å². The van der Waals surface area contributed by atoms with Gasteiger partial charge in [0.15, 0.2) is 0 Å². The van der Waals surface area contributed by atoms with Crippen LogP contribution in [0.4, 0.5) is 0 Å². The minimum Gasteiger partial charge on any atom is -0.507 e. The van der Waals surface area contributed by atoms with Crippen molar-refractivity contribution in [3.8, 4) is 5.75 Å². The van der Waals surface area contributed by atoms with Gasteiger partial charge in [0.05, 0.1) is 5.56 Å². The number of benzene rings is 1. The van der Waals surface area contributed by atoms with E-state index in [0.717, 1.165) is 4.47 Å². The largest absolute Gasteiger partial charge is 0.507 e. The van der Waals surface area contributed by atoms with E-state index in [0.29, 0.717) is 19.5 Å². The quantitative estimate of drug-likeness (QED) is 0.874. The van der Waals surface area contributed by atoms with Crippen LogP contribution >= 0.6 is 15.9 Å². The molecule has 17 heavy (non-hydrogen) atoms. The second kappa shape index (κ2) is 6.61. The predicted molar refractivity (Wildman–Crippen MR) is 69.1 cm³/mol. The number of aliphatic hydroxyl groups excluding tert-OH is 1. The van der Waals surface area contributed by atoms with Crippen molar-refractivity contribution in [1.29, 1.82) is 0 Å². The van der Waals surface area contributed by atoms with Crippen molar-refractivity contribution in [1.82, 2.24) is 4.90 Å². The molecule has 0 saturated heterocycles. The molecule has 1 amide bonds. The van der Waals surface area contributed by atoms with E-state index in [4.69, 9.17) is 5.11 Å². The number of phenols is 1. The Balaban J connectivity index is 2.89. The van der Waals surface area contributed by atoms with Gasteiger partial charge in [0.25, 0.3) is 5.91 Å². The lowest BCUT2D eigenvalue weighted by Crippen LogP contribution is -2.32. The van der Waals surface area contributed by atoms with Crippen LogP contribution < -0.4 is 0 Å². The van der Waals surface area contributed by atoms with Gasteiger partial charge in [-0.15, -0.1) is 0 Å². The second-order valence-electron chi connectivity index (χ2n) is 3.62. The summed E-state index contributed by atoms with van der Waals surface area (Å²) < 4.78 is 0.747. The lowest BCUT2D eigenvalue weighted by Gasteiger charge is -2.21. The third-order valence-corrected chi connectivity index (χ3v) is 2.94.